The molecule has 0 fully saturated rings. The number of fused-ring (bicyclic) bond motifs is 1. The maximum absolute atomic E-state index is 11.2. The van der Waals surface area contributed by atoms with Crippen LogP contribution in [0.4, 0.5) is 0 Å². The van der Waals surface area contributed by atoms with E-state index in [2.05, 4.69) is 70.5 Å². The van der Waals surface area contributed by atoms with Gasteiger partial charge in [0.2, 0.25) is 5.91 Å². The molecule has 4 rings (SSSR count). The number of aromatic nitrogens is 1. The highest BCUT2D eigenvalue weighted by Crippen LogP contribution is 2.31. The number of nitrogens with zero attached hydrogens (tertiary/aromatic N) is 1. The second-order valence-corrected chi connectivity index (χ2v) is 8.49. The van der Waals surface area contributed by atoms with Crippen LogP contribution in [0.5, 0.6) is 0 Å². The second-order valence-electron chi connectivity index (χ2n) is 8.49. The summed E-state index contributed by atoms with van der Waals surface area (Å²) < 4.78 is 0. The number of hydroxylamine groups is 1. The minimum absolute atomic E-state index is 0.105. The summed E-state index contributed by atoms with van der Waals surface area (Å²) in [7, 11) is 0. The first-order valence-corrected chi connectivity index (χ1v) is 11.7. The van der Waals surface area contributed by atoms with Crippen LogP contribution in [0, 0.1) is 0 Å². The van der Waals surface area contributed by atoms with E-state index in [9.17, 15) is 9.90 Å². The molecule has 0 aliphatic rings. The zero-order chi connectivity index (χ0) is 23.8. The number of benzene rings is 3. The number of aliphatic hydroxyl groups excluding tert-OH is 1. The predicted octanol–water partition coefficient (Wildman–Crippen LogP) is 4.31. The number of aromatic amines is 1. The van der Waals surface area contributed by atoms with Crippen LogP contribution >= 0.6 is 0 Å². The highest BCUT2D eigenvalue weighted by molar-refractivity contribution is 5.90. The summed E-state index contributed by atoms with van der Waals surface area (Å²) in [5, 5.41) is 19.5. The molecule has 0 aliphatic carbocycles. The van der Waals surface area contributed by atoms with E-state index in [1.165, 1.54) is 16.5 Å². The van der Waals surface area contributed by atoms with Crippen LogP contribution in [-0.2, 0) is 24.2 Å². The SMILES string of the molecule is O=C(CCc1ccc(CN(CCO)CCc2c(-c3ccccc3)[nH]c3ccccc23)cc1)NO. The van der Waals surface area contributed by atoms with Gasteiger partial charge in [-0.1, -0.05) is 72.8 Å². The predicted molar refractivity (Wildman–Crippen MR) is 134 cm³/mol. The molecule has 6 nitrogen and oxygen atoms in total. The van der Waals surface area contributed by atoms with Gasteiger partial charge < -0.3 is 10.1 Å². The normalized spacial score (nSPS) is 11.3. The fraction of sp³-hybridized carbons (Fsp3) is 0.250. The van der Waals surface area contributed by atoms with Crippen molar-refractivity contribution >= 4 is 16.8 Å². The number of hydrogen-bond acceptors (Lipinski definition) is 4. The molecule has 0 unspecified atom stereocenters. The molecule has 1 aromatic heterocycles. The number of amides is 1. The van der Waals surface area contributed by atoms with Crippen LogP contribution in [0.2, 0.25) is 0 Å². The Bertz CT molecular complexity index is 1200. The Morgan fingerprint density at radius 1 is 0.853 bits per heavy atom. The van der Waals surface area contributed by atoms with Gasteiger partial charge in [0.15, 0.2) is 0 Å². The summed E-state index contributed by atoms with van der Waals surface area (Å²) in [4.78, 5) is 17.1. The van der Waals surface area contributed by atoms with Gasteiger partial charge in [0, 0.05) is 42.7 Å². The molecule has 4 aromatic rings. The molecule has 1 heterocycles. The summed E-state index contributed by atoms with van der Waals surface area (Å²) in [6.07, 6.45) is 1.69. The maximum atomic E-state index is 11.2. The second kappa shape index (κ2) is 11.6. The average molecular weight is 458 g/mol. The number of rotatable bonds is 11. The third-order valence-electron chi connectivity index (χ3n) is 6.16. The van der Waals surface area contributed by atoms with Crippen molar-refractivity contribution in [2.45, 2.75) is 25.8 Å². The fourth-order valence-electron chi connectivity index (χ4n) is 4.38. The van der Waals surface area contributed by atoms with Crippen molar-refractivity contribution in [3.8, 4) is 11.3 Å². The molecule has 176 valence electrons. The van der Waals surface area contributed by atoms with Gasteiger partial charge in [-0.25, -0.2) is 5.48 Å². The first-order valence-electron chi connectivity index (χ1n) is 11.7. The standard InChI is InChI=1S/C28H31N3O3/c32-19-18-31(20-22-12-10-21(11-13-22)14-15-27(33)30-34)17-16-25-24-8-4-5-9-26(24)29-28(25)23-6-2-1-3-7-23/h1-13,29,32,34H,14-20H2,(H,30,33). The molecular formula is C28H31N3O3. The summed E-state index contributed by atoms with van der Waals surface area (Å²) in [6, 6.07) is 27.0. The first-order chi connectivity index (χ1) is 16.7. The number of nitrogens with one attached hydrogen (secondary N) is 2. The van der Waals surface area contributed by atoms with Gasteiger partial charge in [-0.3, -0.25) is 14.9 Å². The number of para-hydroxylation sites is 1. The smallest absolute Gasteiger partial charge is 0.243 e. The van der Waals surface area contributed by atoms with E-state index in [1.807, 2.05) is 18.2 Å². The number of hydrogen-bond donors (Lipinski definition) is 4. The van der Waals surface area contributed by atoms with Gasteiger partial charge in [0.25, 0.3) is 0 Å². The molecule has 0 atom stereocenters. The number of H-pyrrole nitrogens is 1. The van der Waals surface area contributed by atoms with Gasteiger partial charge in [0.05, 0.1) is 6.61 Å². The van der Waals surface area contributed by atoms with Gasteiger partial charge in [-0.15, -0.1) is 0 Å². The van der Waals surface area contributed by atoms with Crippen molar-refractivity contribution in [2.24, 2.45) is 0 Å². The van der Waals surface area contributed by atoms with Gasteiger partial charge >= 0.3 is 0 Å². The van der Waals surface area contributed by atoms with E-state index in [4.69, 9.17) is 5.21 Å². The van der Waals surface area contributed by atoms with Crippen LogP contribution in [-0.4, -0.2) is 45.8 Å². The lowest BCUT2D eigenvalue weighted by atomic mass is 10.0. The number of aryl methyl sites for hydroxylation is 1. The van der Waals surface area contributed by atoms with Gasteiger partial charge in [-0.05, 0) is 41.2 Å². The molecular weight excluding hydrogens is 426 g/mol. The van der Waals surface area contributed by atoms with E-state index < -0.39 is 0 Å². The van der Waals surface area contributed by atoms with Gasteiger partial charge in [-0.2, -0.15) is 0 Å². The van der Waals surface area contributed by atoms with E-state index >= 15 is 0 Å². The van der Waals surface area contributed by atoms with E-state index in [0.29, 0.717) is 13.0 Å². The van der Waals surface area contributed by atoms with Crippen molar-refractivity contribution < 1.29 is 15.1 Å². The first kappa shape index (κ1) is 23.7. The molecule has 0 spiro atoms. The third kappa shape index (κ3) is 5.91. The fourth-order valence-corrected chi connectivity index (χ4v) is 4.38. The van der Waals surface area contributed by atoms with Crippen molar-refractivity contribution in [1.82, 2.24) is 15.4 Å². The van der Waals surface area contributed by atoms with Crippen molar-refractivity contribution in [3.63, 3.8) is 0 Å². The van der Waals surface area contributed by atoms with E-state index in [-0.39, 0.29) is 18.9 Å². The Morgan fingerprint density at radius 2 is 1.56 bits per heavy atom. The molecule has 6 heteroatoms. The van der Waals surface area contributed by atoms with Crippen molar-refractivity contribution in [2.75, 3.05) is 19.7 Å². The van der Waals surface area contributed by atoms with Crippen LogP contribution < -0.4 is 5.48 Å². The lowest BCUT2D eigenvalue weighted by Gasteiger charge is -2.22. The lowest BCUT2D eigenvalue weighted by molar-refractivity contribution is -0.129. The molecule has 0 radical (unpaired) electrons. The van der Waals surface area contributed by atoms with Crippen molar-refractivity contribution in [3.05, 3.63) is 95.6 Å². The highest BCUT2D eigenvalue weighted by Gasteiger charge is 2.15. The van der Waals surface area contributed by atoms with E-state index in [0.717, 1.165) is 41.8 Å². The monoisotopic (exact) mass is 457 g/mol. The molecule has 1 amide bonds. The maximum Gasteiger partial charge on any atom is 0.243 e. The Morgan fingerprint density at radius 3 is 2.29 bits per heavy atom. The quantitative estimate of drug-likeness (QED) is 0.200. The molecule has 4 N–H and O–H groups in total. The zero-order valence-corrected chi connectivity index (χ0v) is 19.2. The molecule has 0 saturated heterocycles. The van der Waals surface area contributed by atoms with Gasteiger partial charge in [0.1, 0.15) is 0 Å². The van der Waals surface area contributed by atoms with Crippen LogP contribution in [0.15, 0.2) is 78.9 Å². The molecule has 0 bridgehead atoms. The van der Waals surface area contributed by atoms with E-state index in [1.54, 1.807) is 5.48 Å². The zero-order valence-electron chi connectivity index (χ0n) is 19.2. The highest BCUT2D eigenvalue weighted by atomic mass is 16.5. The minimum Gasteiger partial charge on any atom is -0.395 e. The number of carbonyl (C=O) groups is 1. The number of carbonyl (C=O) groups excluding carboxylic acids is 1. The Balaban J connectivity index is 1.47. The topological polar surface area (TPSA) is 88.6 Å². The minimum atomic E-state index is -0.384. The summed E-state index contributed by atoms with van der Waals surface area (Å²) in [6.45, 7) is 2.26. The number of aliphatic hydroxyl groups is 1. The largest absolute Gasteiger partial charge is 0.395 e. The summed E-state index contributed by atoms with van der Waals surface area (Å²) in [5.41, 5.74) is 8.63. The lowest BCUT2D eigenvalue weighted by Crippen LogP contribution is -2.28. The average Bonchev–Trinajstić information content (AvgIpc) is 3.26. The Hall–Kier alpha value is -3.45. The van der Waals surface area contributed by atoms with Crippen LogP contribution in [0.3, 0.4) is 0 Å². The molecule has 34 heavy (non-hydrogen) atoms. The summed E-state index contributed by atoms with van der Waals surface area (Å²) >= 11 is 0. The summed E-state index contributed by atoms with van der Waals surface area (Å²) in [5.74, 6) is -0.384. The van der Waals surface area contributed by atoms with Crippen LogP contribution in [0.25, 0.3) is 22.2 Å². The molecule has 0 saturated carbocycles. The Kier molecular flexibility index (Phi) is 8.09. The van der Waals surface area contributed by atoms with Crippen LogP contribution in [0.1, 0.15) is 23.1 Å². The molecule has 3 aromatic carbocycles. The molecule has 0 aliphatic heterocycles. The Labute approximate surface area is 199 Å². The third-order valence-corrected chi connectivity index (χ3v) is 6.16. The van der Waals surface area contributed by atoms with Crippen molar-refractivity contribution in [1.29, 1.82) is 0 Å².